The molecular formula is C31H27N2O8S-. The Kier molecular flexibility index (Phi) is 8.12. The number of thiazole rings is 1. The highest BCUT2D eigenvalue weighted by Gasteiger charge is 2.34. The molecule has 3 heterocycles. The SMILES string of the molecule is CCOC(=O)C1=C(C)N=c2s/c(=C\c3ccc(-c4ccccc4C(=O)[O-])o3)c(=O)n2[C@@H]1c1ccc(OC)c(OCC)c1. The molecule has 4 aromatic rings. The van der Waals surface area contributed by atoms with Crippen LogP contribution >= 0.6 is 11.3 Å². The van der Waals surface area contributed by atoms with Crippen molar-refractivity contribution < 1.29 is 33.3 Å². The lowest BCUT2D eigenvalue weighted by atomic mass is 9.95. The Hall–Kier alpha value is -4.90. The van der Waals surface area contributed by atoms with E-state index in [1.165, 1.54) is 17.7 Å². The molecule has 11 heteroatoms. The van der Waals surface area contributed by atoms with Crippen LogP contribution in [0.15, 0.2) is 80.1 Å². The molecule has 0 aliphatic carbocycles. The molecule has 2 aromatic heterocycles. The number of carbonyl (C=O) groups excluding carboxylic acids is 2. The van der Waals surface area contributed by atoms with Crippen molar-refractivity contribution in [2.75, 3.05) is 20.3 Å². The highest BCUT2D eigenvalue weighted by atomic mass is 32.1. The van der Waals surface area contributed by atoms with Gasteiger partial charge in [0.25, 0.3) is 5.56 Å². The smallest absolute Gasteiger partial charge is 0.338 e. The van der Waals surface area contributed by atoms with Gasteiger partial charge >= 0.3 is 5.97 Å². The van der Waals surface area contributed by atoms with Crippen LogP contribution in [0.1, 0.15) is 48.5 Å². The average Bonchev–Trinajstić information content (AvgIpc) is 3.56. The number of furan rings is 1. The molecule has 1 atom stereocenters. The minimum absolute atomic E-state index is 0.00865. The Labute approximate surface area is 244 Å². The molecule has 0 saturated heterocycles. The van der Waals surface area contributed by atoms with Gasteiger partial charge < -0.3 is 28.5 Å². The lowest BCUT2D eigenvalue weighted by Crippen LogP contribution is -2.39. The number of allylic oxidation sites excluding steroid dienone is 1. The van der Waals surface area contributed by atoms with Crippen molar-refractivity contribution in [1.29, 1.82) is 0 Å². The van der Waals surface area contributed by atoms with Gasteiger partial charge in [0.2, 0.25) is 0 Å². The Morgan fingerprint density at radius 2 is 1.88 bits per heavy atom. The molecule has 0 amide bonds. The van der Waals surface area contributed by atoms with Gasteiger partial charge in [-0.25, -0.2) is 9.79 Å². The number of ether oxygens (including phenoxy) is 3. The topological polar surface area (TPSA) is 132 Å². The first kappa shape index (κ1) is 28.6. The van der Waals surface area contributed by atoms with Gasteiger partial charge in [-0.3, -0.25) is 9.36 Å². The van der Waals surface area contributed by atoms with Crippen LogP contribution in [0.2, 0.25) is 0 Å². The van der Waals surface area contributed by atoms with E-state index in [9.17, 15) is 19.5 Å². The first-order chi connectivity index (χ1) is 20.3. The Balaban J connectivity index is 1.66. The molecule has 0 unspecified atom stereocenters. The molecule has 0 radical (unpaired) electrons. The standard InChI is InChI=1S/C31H28N2O8S/c1-5-39-24-15-18(11-13-23(24)38-4)27-26(30(37)40-6-2)17(3)32-31-33(27)28(34)25(42-31)16-19-12-14-22(41-19)20-9-7-8-10-21(20)29(35)36/h7-16,27H,5-6H2,1-4H3,(H,35,36)/p-1/b25-16-/t27-/m1/s1. The minimum atomic E-state index is -1.32. The molecule has 2 aromatic carbocycles. The lowest BCUT2D eigenvalue weighted by molar-refractivity contribution is -0.255. The van der Waals surface area contributed by atoms with Crippen LogP contribution in [0.4, 0.5) is 0 Å². The quantitative estimate of drug-likeness (QED) is 0.273. The Morgan fingerprint density at radius 1 is 1.10 bits per heavy atom. The van der Waals surface area contributed by atoms with Crippen molar-refractivity contribution in [2.24, 2.45) is 4.99 Å². The predicted octanol–water partition coefficient (Wildman–Crippen LogP) is 2.83. The van der Waals surface area contributed by atoms with Crippen LogP contribution in [0.25, 0.3) is 17.4 Å². The molecule has 0 bridgehead atoms. The molecule has 5 rings (SSSR count). The number of aromatic carboxylic acids is 1. The maximum Gasteiger partial charge on any atom is 0.338 e. The first-order valence-corrected chi connectivity index (χ1v) is 14.0. The summed E-state index contributed by atoms with van der Waals surface area (Å²) in [5, 5.41) is 11.6. The first-order valence-electron chi connectivity index (χ1n) is 13.2. The van der Waals surface area contributed by atoms with Crippen molar-refractivity contribution in [3.05, 3.63) is 102 Å². The number of benzene rings is 2. The van der Waals surface area contributed by atoms with E-state index < -0.39 is 18.0 Å². The number of esters is 1. The fourth-order valence-electron chi connectivity index (χ4n) is 4.82. The van der Waals surface area contributed by atoms with Crippen molar-refractivity contribution in [2.45, 2.75) is 26.8 Å². The number of rotatable bonds is 9. The van der Waals surface area contributed by atoms with Gasteiger partial charge in [0.1, 0.15) is 11.5 Å². The number of carboxylic acid groups (broad SMARTS) is 1. The Bertz CT molecular complexity index is 1900. The van der Waals surface area contributed by atoms with Gasteiger partial charge in [0, 0.05) is 17.2 Å². The van der Waals surface area contributed by atoms with Gasteiger partial charge in [-0.05, 0) is 50.6 Å². The molecule has 0 N–H and O–H groups in total. The van der Waals surface area contributed by atoms with Crippen LogP contribution < -0.4 is 29.5 Å². The summed E-state index contributed by atoms with van der Waals surface area (Å²) < 4.78 is 24.2. The second-order valence-corrected chi connectivity index (χ2v) is 10.2. The van der Waals surface area contributed by atoms with Crippen molar-refractivity contribution in [3.8, 4) is 22.8 Å². The van der Waals surface area contributed by atoms with Crippen molar-refractivity contribution >= 4 is 29.4 Å². The summed E-state index contributed by atoms with van der Waals surface area (Å²) in [6.07, 6.45) is 1.56. The van der Waals surface area contributed by atoms with Crippen LogP contribution in [-0.4, -0.2) is 36.8 Å². The number of hydrogen-bond acceptors (Lipinski definition) is 10. The summed E-state index contributed by atoms with van der Waals surface area (Å²) in [6.45, 7) is 5.81. The zero-order chi connectivity index (χ0) is 30.0. The fourth-order valence-corrected chi connectivity index (χ4v) is 5.85. The third kappa shape index (κ3) is 5.26. The average molecular weight is 588 g/mol. The van der Waals surface area contributed by atoms with Crippen molar-refractivity contribution in [1.82, 2.24) is 4.57 Å². The zero-order valence-corrected chi connectivity index (χ0v) is 24.2. The second-order valence-electron chi connectivity index (χ2n) is 9.18. The number of fused-ring (bicyclic) bond motifs is 1. The fraction of sp³-hybridized carbons (Fsp3) is 0.226. The maximum atomic E-state index is 13.9. The van der Waals surface area contributed by atoms with Crippen LogP contribution in [0.5, 0.6) is 11.5 Å². The number of carboxylic acids is 1. The largest absolute Gasteiger partial charge is 0.545 e. The molecule has 0 fully saturated rings. The van der Waals surface area contributed by atoms with E-state index in [2.05, 4.69) is 4.99 Å². The van der Waals surface area contributed by atoms with Gasteiger partial charge in [-0.2, -0.15) is 0 Å². The summed E-state index contributed by atoms with van der Waals surface area (Å²) in [5.41, 5.74) is 1.24. The van der Waals surface area contributed by atoms with E-state index in [0.29, 0.717) is 55.8 Å². The summed E-state index contributed by atoms with van der Waals surface area (Å²) >= 11 is 1.14. The number of aromatic nitrogens is 1. The molecule has 1 aliphatic rings. The third-order valence-corrected chi connectivity index (χ3v) is 7.62. The summed E-state index contributed by atoms with van der Waals surface area (Å²) in [4.78, 5) is 43.6. The van der Waals surface area contributed by atoms with E-state index in [-0.39, 0.29) is 23.3 Å². The van der Waals surface area contributed by atoms with E-state index in [0.717, 1.165) is 11.3 Å². The maximum absolute atomic E-state index is 13.9. The van der Waals surface area contributed by atoms with E-state index in [1.807, 2.05) is 6.92 Å². The molecule has 42 heavy (non-hydrogen) atoms. The van der Waals surface area contributed by atoms with E-state index >= 15 is 0 Å². The van der Waals surface area contributed by atoms with Gasteiger partial charge in [-0.15, -0.1) is 0 Å². The zero-order valence-electron chi connectivity index (χ0n) is 23.3. The highest BCUT2D eigenvalue weighted by molar-refractivity contribution is 7.07. The lowest BCUT2D eigenvalue weighted by Gasteiger charge is -2.25. The van der Waals surface area contributed by atoms with E-state index in [4.69, 9.17) is 18.6 Å². The number of methoxy groups -OCH3 is 1. The van der Waals surface area contributed by atoms with Crippen molar-refractivity contribution in [3.63, 3.8) is 0 Å². The molecule has 216 valence electrons. The summed E-state index contributed by atoms with van der Waals surface area (Å²) in [6, 6.07) is 14.0. The Morgan fingerprint density at radius 3 is 2.60 bits per heavy atom. The van der Waals surface area contributed by atoms with Crippen LogP contribution in [0.3, 0.4) is 0 Å². The highest BCUT2D eigenvalue weighted by Crippen LogP contribution is 2.36. The minimum Gasteiger partial charge on any atom is -0.545 e. The predicted molar refractivity (Wildman–Crippen MR) is 153 cm³/mol. The second kappa shape index (κ2) is 11.9. The molecule has 0 saturated carbocycles. The molecule has 0 spiro atoms. The molecule has 10 nitrogen and oxygen atoms in total. The third-order valence-electron chi connectivity index (χ3n) is 6.63. The molecule has 1 aliphatic heterocycles. The number of hydrogen-bond donors (Lipinski definition) is 0. The summed E-state index contributed by atoms with van der Waals surface area (Å²) in [7, 11) is 1.53. The van der Waals surface area contributed by atoms with Crippen LogP contribution in [-0.2, 0) is 9.53 Å². The number of carbonyl (C=O) groups is 2. The van der Waals surface area contributed by atoms with Gasteiger partial charge in [0.05, 0.1) is 48.1 Å². The normalized spacial score (nSPS) is 14.8. The van der Waals surface area contributed by atoms with Gasteiger partial charge in [0.15, 0.2) is 16.3 Å². The monoisotopic (exact) mass is 587 g/mol. The van der Waals surface area contributed by atoms with Gasteiger partial charge in [-0.1, -0.05) is 41.7 Å². The molecular weight excluding hydrogens is 560 g/mol. The van der Waals surface area contributed by atoms with E-state index in [1.54, 1.807) is 68.5 Å². The summed E-state index contributed by atoms with van der Waals surface area (Å²) in [5.74, 6) is -0.263. The van der Waals surface area contributed by atoms with Crippen LogP contribution in [0, 0.1) is 0 Å². The number of nitrogens with zero attached hydrogens (tertiary/aromatic N) is 2.